The van der Waals surface area contributed by atoms with Gasteiger partial charge in [-0.25, -0.2) is 4.98 Å². The van der Waals surface area contributed by atoms with E-state index in [-0.39, 0.29) is 5.15 Å². The van der Waals surface area contributed by atoms with Crippen molar-refractivity contribution in [2.45, 2.75) is 6.54 Å². The minimum Gasteiger partial charge on any atom is -0.365 e. The number of hydrogen-bond donors (Lipinski definition) is 1. The summed E-state index contributed by atoms with van der Waals surface area (Å²) in [4.78, 5) is 4.07. The van der Waals surface area contributed by atoms with Crippen LogP contribution in [0.3, 0.4) is 0 Å². The topological polar surface area (TPSA) is 24.9 Å². The third-order valence-corrected chi connectivity index (χ3v) is 3.62. The van der Waals surface area contributed by atoms with E-state index in [9.17, 15) is 0 Å². The Morgan fingerprint density at radius 2 is 2.06 bits per heavy atom. The highest BCUT2D eigenvalue weighted by molar-refractivity contribution is 7.07. The standard InChI is InChI=1S/C10H7Cl3N2S/c11-7-3-8(12)10(15-9(7)13)14-4-6-1-2-16-5-6/h1-3,5H,4H2,(H,14,15). The molecule has 16 heavy (non-hydrogen) atoms. The van der Waals surface area contributed by atoms with Gasteiger partial charge in [-0.15, -0.1) is 0 Å². The summed E-state index contributed by atoms with van der Waals surface area (Å²) in [6, 6.07) is 3.61. The minimum atomic E-state index is 0.249. The summed E-state index contributed by atoms with van der Waals surface area (Å²) in [6.45, 7) is 0.661. The normalized spacial score (nSPS) is 10.4. The maximum Gasteiger partial charge on any atom is 0.150 e. The van der Waals surface area contributed by atoms with Crippen LogP contribution in [-0.4, -0.2) is 4.98 Å². The van der Waals surface area contributed by atoms with Crippen molar-refractivity contribution in [2.75, 3.05) is 5.32 Å². The molecular formula is C10H7Cl3N2S. The molecular weight excluding hydrogens is 287 g/mol. The summed E-state index contributed by atoms with van der Waals surface area (Å²) in [5.41, 5.74) is 1.17. The third-order valence-electron chi connectivity index (χ3n) is 1.93. The molecule has 0 saturated carbocycles. The van der Waals surface area contributed by atoms with Crippen molar-refractivity contribution in [3.05, 3.63) is 43.7 Å². The fraction of sp³-hybridized carbons (Fsp3) is 0.100. The van der Waals surface area contributed by atoms with Crippen molar-refractivity contribution < 1.29 is 0 Å². The van der Waals surface area contributed by atoms with Gasteiger partial charge in [-0.2, -0.15) is 11.3 Å². The van der Waals surface area contributed by atoms with Crippen molar-refractivity contribution in [1.29, 1.82) is 0 Å². The fourth-order valence-corrected chi connectivity index (χ4v) is 2.38. The van der Waals surface area contributed by atoms with Crippen LogP contribution < -0.4 is 5.32 Å². The zero-order valence-electron chi connectivity index (χ0n) is 8.01. The first-order chi connectivity index (χ1) is 7.66. The number of rotatable bonds is 3. The van der Waals surface area contributed by atoms with Crippen molar-refractivity contribution >= 4 is 52.0 Å². The lowest BCUT2D eigenvalue weighted by Crippen LogP contribution is -2.01. The number of aromatic nitrogens is 1. The molecule has 2 aromatic heterocycles. The zero-order valence-corrected chi connectivity index (χ0v) is 11.1. The summed E-state index contributed by atoms with van der Waals surface area (Å²) >= 11 is 19.2. The number of nitrogens with zero attached hydrogens (tertiary/aromatic N) is 1. The zero-order chi connectivity index (χ0) is 11.5. The molecule has 2 nitrogen and oxygen atoms in total. The summed E-state index contributed by atoms with van der Waals surface area (Å²) in [7, 11) is 0. The summed E-state index contributed by atoms with van der Waals surface area (Å²) < 4.78 is 0. The van der Waals surface area contributed by atoms with Crippen LogP contribution in [0.25, 0.3) is 0 Å². The number of hydrogen-bond acceptors (Lipinski definition) is 3. The van der Waals surface area contributed by atoms with Crippen molar-refractivity contribution in [1.82, 2.24) is 4.98 Å². The summed E-state index contributed by atoms with van der Waals surface area (Å²) in [5.74, 6) is 0.544. The molecule has 2 aromatic rings. The fourth-order valence-electron chi connectivity index (χ4n) is 1.15. The molecule has 0 spiro atoms. The highest BCUT2D eigenvalue weighted by Gasteiger charge is 2.07. The quantitative estimate of drug-likeness (QED) is 0.829. The van der Waals surface area contributed by atoms with Crippen LogP contribution in [0.1, 0.15) is 5.56 Å². The third kappa shape index (κ3) is 2.80. The maximum absolute atomic E-state index is 5.98. The largest absolute Gasteiger partial charge is 0.365 e. The molecule has 0 aliphatic carbocycles. The van der Waals surface area contributed by atoms with Gasteiger partial charge >= 0.3 is 0 Å². The molecule has 1 N–H and O–H groups in total. The predicted molar refractivity (Wildman–Crippen MR) is 70.9 cm³/mol. The Balaban J connectivity index is 2.12. The van der Waals surface area contributed by atoms with Crippen LogP contribution in [0.5, 0.6) is 0 Å². The van der Waals surface area contributed by atoms with Crippen molar-refractivity contribution in [2.24, 2.45) is 0 Å². The Hall–Kier alpha value is -0.480. The van der Waals surface area contributed by atoms with E-state index in [1.807, 2.05) is 11.4 Å². The second kappa shape index (κ2) is 5.23. The van der Waals surface area contributed by atoms with Crippen LogP contribution in [0, 0.1) is 0 Å². The van der Waals surface area contributed by atoms with Gasteiger partial charge < -0.3 is 5.32 Å². The van der Waals surface area contributed by atoms with Gasteiger partial charge in [0, 0.05) is 6.54 Å². The molecule has 0 amide bonds. The molecule has 0 aliphatic rings. The Labute approximate surface area is 112 Å². The molecule has 0 radical (unpaired) electrons. The molecule has 2 heterocycles. The molecule has 84 valence electrons. The SMILES string of the molecule is Clc1cc(Cl)c(NCc2ccsc2)nc1Cl. The lowest BCUT2D eigenvalue weighted by molar-refractivity contribution is 1.12. The van der Waals surface area contributed by atoms with Gasteiger partial charge in [0.15, 0.2) is 0 Å². The number of halogens is 3. The number of pyridine rings is 1. The van der Waals surface area contributed by atoms with Crippen LogP contribution >= 0.6 is 46.1 Å². The lowest BCUT2D eigenvalue weighted by atomic mass is 10.3. The number of anilines is 1. The Bertz CT molecular complexity index is 485. The van der Waals surface area contributed by atoms with E-state index in [2.05, 4.69) is 15.7 Å². The summed E-state index contributed by atoms with van der Waals surface area (Å²) in [5, 5.41) is 8.24. The first-order valence-electron chi connectivity index (χ1n) is 4.43. The van der Waals surface area contributed by atoms with Crippen molar-refractivity contribution in [3.8, 4) is 0 Å². The smallest absolute Gasteiger partial charge is 0.150 e. The first-order valence-corrected chi connectivity index (χ1v) is 6.51. The van der Waals surface area contributed by atoms with E-state index >= 15 is 0 Å². The minimum absolute atomic E-state index is 0.249. The monoisotopic (exact) mass is 292 g/mol. The Morgan fingerprint density at radius 1 is 1.25 bits per heavy atom. The average Bonchev–Trinajstić information content (AvgIpc) is 2.74. The van der Waals surface area contributed by atoms with E-state index < -0.39 is 0 Å². The second-order valence-corrected chi connectivity index (χ2v) is 5.03. The summed E-state index contributed by atoms with van der Waals surface area (Å²) in [6.07, 6.45) is 0. The van der Waals surface area contributed by atoms with Crippen LogP contribution in [0.2, 0.25) is 15.2 Å². The second-order valence-electron chi connectivity index (χ2n) is 3.08. The average molecular weight is 294 g/mol. The van der Waals surface area contributed by atoms with E-state index in [0.717, 1.165) is 0 Å². The number of thiophene rings is 1. The van der Waals surface area contributed by atoms with Gasteiger partial charge in [0.25, 0.3) is 0 Å². The molecule has 0 fully saturated rings. The van der Waals surface area contributed by atoms with Gasteiger partial charge in [0.2, 0.25) is 0 Å². The predicted octanol–water partition coefficient (Wildman–Crippen LogP) is 4.72. The van der Waals surface area contributed by atoms with E-state index in [4.69, 9.17) is 34.8 Å². The van der Waals surface area contributed by atoms with Gasteiger partial charge in [-0.05, 0) is 28.5 Å². The van der Waals surface area contributed by atoms with Crippen molar-refractivity contribution in [3.63, 3.8) is 0 Å². The maximum atomic E-state index is 5.98. The van der Waals surface area contributed by atoms with E-state index in [1.54, 1.807) is 17.4 Å². The highest BCUT2D eigenvalue weighted by Crippen LogP contribution is 2.29. The molecule has 0 saturated heterocycles. The molecule has 0 aromatic carbocycles. The Kier molecular flexibility index (Phi) is 3.92. The van der Waals surface area contributed by atoms with E-state index in [0.29, 0.717) is 22.4 Å². The van der Waals surface area contributed by atoms with Crippen LogP contribution in [0.4, 0.5) is 5.82 Å². The molecule has 0 unspecified atom stereocenters. The molecule has 2 rings (SSSR count). The first kappa shape index (κ1) is 12.0. The number of nitrogens with one attached hydrogen (secondary N) is 1. The van der Waals surface area contributed by atoms with Crippen LogP contribution in [-0.2, 0) is 6.54 Å². The molecule has 0 aliphatic heterocycles. The van der Waals surface area contributed by atoms with Gasteiger partial charge in [0.1, 0.15) is 11.0 Å². The van der Waals surface area contributed by atoms with Gasteiger partial charge in [-0.1, -0.05) is 34.8 Å². The molecule has 0 atom stereocenters. The van der Waals surface area contributed by atoms with Crippen LogP contribution in [0.15, 0.2) is 22.9 Å². The highest BCUT2D eigenvalue weighted by atomic mass is 35.5. The van der Waals surface area contributed by atoms with Gasteiger partial charge in [0.05, 0.1) is 10.0 Å². The Morgan fingerprint density at radius 3 is 2.75 bits per heavy atom. The lowest BCUT2D eigenvalue weighted by Gasteiger charge is -2.07. The molecule has 6 heteroatoms. The van der Waals surface area contributed by atoms with Gasteiger partial charge in [-0.3, -0.25) is 0 Å². The molecule has 0 bridgehead atoms. The van der Waals surface area contributed by atoms with E-state index in [1.165, 1.54) is 5.56 Å².